The van der Waals surface area contributed by atoms with Crippen molar-refractivity contribution in [2.75, 3.05) is 10.8 Å². The normalized spacial score (nSPS) is 14.7. The highest BCUT2D eigenvalue weighted by atomic mass is 35.5. The number of alkyl halides is 3. The molecule has 3 aromatic carbocycles. The minimum Gasteiger partial charge on any atom is -0.352 e. The Morgan fingerprint density at radius 3 is 2.28 bits per heavy atom. The lowest BCUT2D eigenvalue weighted by atomic mass is 10.1. The Morgan fingerprint density at radius 2 is 1.65 bits per heavy atom. The number of amides is 2. The van der Waals surface area contributed by atoms with Gasteiger partial charge in [-0.1, -0.05) is 66.4 Å². The third kappa shape index (κ3) is 8.01. The third-order valence-corrected chi connectivity index (χ3v) is 9.59. The van der Waals surface area contributed by atoms with E-state index in [-0.39, 0.29) is 22.5 Å². The molecule has 1 aliphatic carbocycles. The van der Waals surface area contributed by atoms with Gasteiger partial charge in [-0.3, -0.25) is 13.9 Å². The van der Waals surface area contributed by atoms with Gasteiger partial charge in [0, 0.05) is 17.6 Å². The number of sulfonamides is 1. The van der Waals surface area contributed by atoms with E-state index in [4.69, 9.17) is 23.2 Å². The third-order valence-electron chi connectivity index (χ3n) is 7.26. The van der Waals surface area contributed by atoms with Crippen molar-refractivity contribution in [1.29, 1.82) is 0 Å². The first kappa shape index (κ1) is 32.6. The molecule has 0 radical (unpaired) electrons. The maximum atomic E-state index is 14.0. The van der Waals surface area contributed by atoms with Crippen molar-refractivity contribution in [1.82, 2.24) is 10.2 Å². The van der Waals surface area contributed by atoms with Crippen molar-refractivity contribution in [3.05, 3.63) is 94.0 Å². The van der Waals surface area contributed by atoms with Crippen molar-refractivity contribution < 1.29 is 31.2 Å². The van der Waals surface area contributed by atoms with Crippen LogP contribution in [0.3, 0.4) is 0 Å². The van der Waals surface area contributed by atoms with Gasteiger partial charge >= 0.3 is 6.18 Å². The average Bonchev–Trinajstić information content (AvgIpc) is 3.47. The zero-order chi connectivity index (χ0) is 31.4. The predicted octanol–water partition coefficient (Wildman–Crippen LogP) is 6.68. The van der Waals surface area contributed by atoms with Crippen LogP contribution in [0.2, 0.25) is 10.0 Å². The summed E-state index contributed by atoms with van der Waals surface area (Å²) in [6.45, 7) is 0.466. The fourth-order valence-electron chi connectivity index (χ4n) is 4.92. The number of halogens is 5. The number of nitrogens with one attached hydrogen (secondary N) is 1. The van der Waals surface area contributed by atoms with E-state index < -0.39 is 51.9 Å². The molecule has 0 aromatic heterocycles. The highest BCUT2D eigenvalue weighted by Gasteiger charge is 2.36. The molecular formula is C30H30Cl2F3N3O4S. The quantitative estimate of drug-likeness (QED) is 0.264. The van der Waals surface area contributed by atoms with Crippen LogP contribution < -0.4 is 9.62 Å². The van der Waals surface area contributed by atoms with Gasteiger partial charge in [-0.15, -0.1) is 0 Å². The van der Waals surface area contributed by atoms with Gasteiger partial charge in [-0.2, -0.15) is 13.2 Å². The van der Waals surface area contributed by atoms with E-state index in [1.54, 1.807) is 30.3 Å². The maximum Gasteiger partial charge on any atom is 0.416 e. The Hall–Kier alpha value is -3.28. The summed E-state index contributed by atoms with van der Waals surface area (Å²) >= 11 is 12.4. The largest absolute Gasteiger partial charge is 0.416 e. The van der Waals surface area contributed by atoms with Gasteiger partial charge in [-0.05, 0) is 67.8 Å². The van der Waals surface area contributed by atoms with Crippen LogP contribution in [0.5, 0.6) is 0 Å². The summed E-state index contributed by atoms with van der Waals surface area (Å²) in [5.41, 5.74) is -1.11. The van der Waals surface area contributed by atoms with Crippen LogP contribution in [0, 0.1) is 0 Å². The second-order valence-electron chi connectivity index (χ2n) is 10.3. The molecule has 230 valence electrons. The molecule has 3 aromatic rings. The lowest BCUT2D eigenvalue weighted by molar-refractivity contribution is -0.139. The van der Waals surface area contributed by atoms with Crippen LogP contribution in [0.15, 0.2) is 77.7 Å². The Bertz CT molecular complexity index is 1570. The number of anilines is 1. The van der Waals surface area contributed by atoms with E-state index in [1.165, 1.54) is 36.1 Å². The Kier molecular flexibility index (Phi) is 10.3. The van der Waals surface area contributed by atoms with E-state index in [0.29, 0.717) is 21.0 Å². The van der Waals surface area contributed by atoms with Gasteiger partial charge in [0.05, 0.1) is 21.2 Å². The van der Waals surface area contributed by atoms with Crippen molar-refractivity contribution in [2.24, 2.45) is 0 Å². The molecule has 13 heteroatoms. The SMILES string of the molecule is C[C@@H](C(=O)NC1CCCC1)N(Cc1cccc(Cl)c1)C(=O)CN(c1cc(C(F)(F)F)ccc1Cl)S(=O)(=O)c1ccccc1. The Labute approximate surface area is 258 Å². The van der Waals surface area contributed by atoms with Crippen LogP contribution in [0.1, 0.15) is 43.7 Å². The second-order valence-corrected chi connectivity index (χ2v) is 13.0. The van der Waals surface area contributed by atoms with Gasteiger partial charge < -0.3 is 10.2 Å². The average molecular weight is 657 g/mol. The molecule has 0 spiro atoms. The number of benzene rings is 3. The number of nitrogens with zero attached hydrogens (tertiary/aromatic N) is 2. The zero-order valence-electron chi connectivity index (χ0n) is 23.2. The van der Waals surface area contributed by atoms with E-state index in [2.05, 4.69) is 5.32 Å². The van der Waals surface area contributed by atoms with Gasteiger partial charge in [0.2, 0.25) is 11.8 Å². The topological polar surface area (TPSA) is 86.8 Å². The molecule has 1 N–H and O–H groups in total. The first-order valence-electron chi connectivity index (χ1n) is 13.6. The molecule has 0 unspecified atom stereocenters. The highest BCUT2D eigenvalue weighted by molar-refractivity contribution is 7.92. The summed E-state index contributed by atoms with van der Waals surface area (Å²) in [5.74, 6) is -1.26. The first-order valence-corrected chi connectivity index (χ1v) is 15.8. The van der Waals surface area contributed by atoms with Gasteiger partial charge in [0.15, 0.2) is 0 Å². The smallest absolute Gasteiger partial charge is 0.352 e. The predicted molar refractivity (Wildman–Crippen MR) is 159 cm³/mol. The maximum absolute atomic E-state index is 14.0. The Morgan fingerprint density at radius 1 is 0.977 bits per heavy atom. The molecule has 0 bridgehead atoms. The molecule has 1 aliphatic rings. The van der Waals surface area contributed by atoms with Gasteiger partial charge in [0.25, 0.3) is 10.0 Å². The fourth-order valence-corrected chi connectivity index (χ4v) is 6.85. The van der Waals surface area contributed by atoms with Gasteiger partial charge in [0.1, 0.15) is 12.6 Å². The molecule has 7 nitrogen and oxygen atoms in total. The lowest BCUT2D eigenvalue weighted by Gasteiger charge is -2.33. The number of carbonyl (C=O) groups excluding carboxylic acids is 2. The van der Waals surface area contributed by atoms with Crippen LogP contribution in [0.4, 0.5) is 18.9 Å². The monoisotopic (exact) mass is 655 g/mol. The lowest BCUT2D eigenvalue weighted by Crippen LogP contribution is -2.52. The summed E-state index contributed by atoms with van der Waals surface area (Å²) in [4.78, 5) is 28.2. The van der Waals surface area contributed by atoms with E-state index >= 15 is 0 Å². The molecule has 43 heavy (non-hydrogen) atoms. The Balaban J connectivity index is 1.76. The molecule has 4 rings (SSSR count). The summed E-state index contributed by atoms with van der Waals surface area (Å²) in [5, 5.41) is 3.02. The number of hydrogen-bond acceptors (Lipinski definition) is 4. The molecule has 0 heterocycles. The van der Waals surface area contributed by atoms with Crippen molar-refractivity contribution in [3.63, 3.8) is 0 Å². The molecule has 1 saturated carbocycles. The molecular weight excluding hydrogens is 626 g/mol. The summed E-state index contributed by atoms with van der Waals surface area (Å²) in [7, 11) is -4.60. The molecule has 2 amide bonds. The van der Waals surface area contributed by atoms with Crippen molar-refractivity contribution in [2.45, 2.75) is 62.3 Å². The number of hydrogen-bond donors (Lipinski definition) is 1. The fraction of sp³-hybridized carbons (Fsp3) is 0.333. The van der Waals surface area contributed by atoms with E-state index in [0.717, 1.165) is 37.8 Å². The number of carbonyl (C=O) groups is 2. The van der Waals surface area contributed by atoms with Gasteiger partial charge in [-0.25, -0.2) is 8.42 Å². The standard InChI is InChI=1S/C30H30Cl2F3N3O4S/c1-20(29(40)36-24-10-5-6-11-24)37(18-21-8-7-9-23(31)16-21)28(39)19-38(43(41,42)25-12-3-2-4-13-25)27-17-22(30(33,34)35)14-15-26(27)32/h2-4,7-9,12-17,20,24H,5-6,10-11,18-19H2,1H3,(H,36,40)/t20-/m0/s1. The van der Waals surface area contributed by atoms with E-state index in [9.17, 15) is 31.2 Å². The van der Waals surface area contributed by atoms with Crippen LogP contribution in [-0.4, -0.2) is 43.8 Å². The second kappa shape index (κ2) is 13.6. The highest BCUT2D eigenvalue weighted by Crippen LogP contribution is 2.37. The molecule has 1 fully saturated rings. The minimum atomic E-state index is -4.81. The van der Waals surface area contributed by atoms with Crippen molar-refractivity contribution in [3.8, 4) is 0 Å². The molecule has 1 atom stereocenters. The van der Waals surface area contributed by atoms with E-state index in [1.807, 2.05) is 0 Å². The summed E-state index contributed by atoms with van der Waals surface area (Å²) < 4.78 is 69.3. The van der Waals surface area contributed by atoms with Crippen LogP contribution >= 0.6 is 23.2 Å². The summed E-state index contributed by atoms with van der Waals surface area (Å²) in [6.07, 6.45) is -1.27. The summed E-state index contributed by atoms with van der Waals surface area (Å²) in [6, 6.07) is 14.7. The van der Waals surface area contributed by atoms with Crippen LogP contribution in [0.25, 0.3) is 0 Å². The number of rotatable bonds is 10. The molecule has 0 aliphatic heterocycles. The van der Waals surface area contributed by atoms with Crippen molar-refractivity contribution >= 4 is 50.7 Å². The first-order chi connectivity index (χ1) is 20.3. The molecule has 0 saturated heterocycles. The minimum absolute atomic E-state index is 0.0445. The van der Waals surface area contributed by atoms with Crippen LogP contribution in [-0.2, 0) is 32.3 Å². The zero-order valence-corrected chi connectivity index (χ0v) is 25.5.